The average molecular weight is 662 g/mol. The van der Waals surface area contributed by atoms with Crippen LogP contribution in [0.1, 0.15) is 64.6 Å². The van der Waals surface area contributed by atoms with Gasteiger partial charge >= 0.3 is 0 Å². The van der Waals surface area contributed by atoms with E-state index >= 15 is 0 Å². The van der Waals surface area contributed by atoms with Gasteiger partial charge in [0.25, 0.3) is 0 Å². The third-order valence-electron chi connectivity index (χ3n) is 7.34. The molecule has 0 fully saturated rings. The number of carbonyl (C=O) groups is 1. The molecule has 1 unspecified atom stereocenters. The summed E-state index contributed by atoms with van der Waals surface area (Å²) in [6.45, 7) is 15.9. The molecule has 1 aromatic carbocycles. The van der Waals surface area contributed by atoms with Crippen LogP contribution in [0.2, 0.25) is 0 Å². The molecule has 1 N–H and O–H groups in total. The van der Waals surface area contributed by atoms with Crippen molar-refractivity contribution >= 4 is 55.7 Å². The van der Waals surface area contributed by atoms with Crippen molar-refractivity contribution in [3.05, 3.63) is 46.6 Å². The summed E-state index contributed by atoms with van der Waals surface area (Å²) in [6.07, 6.45) is 3.46. The summed E-state index contributed by atoms with van der Waals surface area (Å²) in [5, 5.41) is 4.16. The number of hydrogen-bond acceptors (Lipinski definition) is 9. The molecule has 0 saturated heterocycles. The van der Waals surface area contributed by atoms with Gasteiger partial charge in [0.2, 0.25) is 15.9 Å². The van der Waals surface area contributed by atoms with Gasteiger partial charge in [-0.2, -0.15) is 4.72 Å². The fraction of sp³-hybridized carbons (Fsp3) is 0.594. The highest BCUT2D eigenvalue weighted by molar-refractivity contribution is 8.00. The third kappa shape index (κ3) is 10.1. The maximum Gasteiger partial charge on any atom is 0.241 e. The normalized spacial score (nSPS) is 16.4. The van der Waals surface area contributed by atoms with Gasteiger partial charge < -0.3 is 9.32 Å². The monoisotopic (exact) mass is 661 g/mol. The van der Waals surface area contributed by atoms with Gasteiger partial charge in [-0.05, 0) is 69.3 Å². The number of benzene rings is 1. The predicted octanol–water partition coefficient (Wildman–Crippen LogP) is 6.19. The molecule has 242 valence electrons. The molecule has 3 heterocycles. The van der Waals surface area contributed by atoms with Crippen LogP contribution < -0.4 is 4.72 Å². The molecule has 0 spiro atoms. The van der Waals surface area contributed by atoms with Crippen LogP contribution in [-0.4, -0.2) is 78.2 Å². The number of thiazole rings is 1. The number of thioether (sulfide) groups is 1. The van der Waals surface area contributed by atoms with Gasteiger partial charge in [-0.25, -0.2) is 13.4 Å². The number of aryl methyl sites for hydroxylation is 1. The van der Waals surface area contributed by atoms with E-state index in [1.165, 1.54) is 18.0 Å². The molecule has 1 aliphatic heterocycles. The zero-order valence-electron chi connectivity index (χ0n) is 26.8. The molecule has 4 rings (SSSR count). The van der Waals surface area contributed by atoms with E-state index in [2.05, 4.69) is 54.6 Å². The molecule has 3 aromatic rings. The molecule has 0 saturated carbocycles. The molecule has 0 bridgehead atoms. The highest BCUT2D eigenvalue weighted by Gasteiger charge is 2.30. The van der Waals surface area contributed by atoms with Crippen molar-refractivity contribution < 1.29 is 17.6 Å². The number of amides is 1. The molecule has 44 heavy (non-hydrogen) atoms. The first-order valence-electron chi connectivity index (χ1n) is 15.5. The van der Waals surface area contributed by atoms with E-state index in [0.29, 0.717) is 42.3 Å². The quantitative estimate of drug-likeness (QED) is 0.172. The van der Waals surface area contributed by atoms with Crippen LogP contribution in [0.15, 0.2) is 50.2 Å². The molecule has 2 aromatic heterocycles. The van der Waals surface area contributed by atoms with Crippen molar-refractivity contribution in [1.82, 2.24) is 19.5 Å². The van der Waals surface area contributed by atoms with Gasteiger partial charge in [-0.15, -0.1) is 23.1 Å². The Balaban J connectivity index is 1.48. The molecule has 9 nitrogen and oxygen atoms in total. The lowest BCUT2D eigenvalue weighted by atomic mass is 10.1. The number of aromatic nitrogens is 1. The first kappa shape index (κ1) is 34.6. The predicted molar refractivity (Wildman–Crippen MR) is 182 cm³/mol. The number of nitrogens with one attached hydrogen (secondary N) is 1. The molecule has 2 atom stereocenters. The van der Waals surface area contributed by atoms with E-state index in [9.17, 15) is 13.2 Å². The van der Waals surface area contributed by atoms with Gasteiger partial charge in [0.1, 0.15) is 11.6 Å². The molecule has 12 heteroatoms. The molecular formula is C32H47N5O4S3. The maximum absolute atomic E-state index is 14.0. The number of hydrogen-bond donors (Lipinski definition) is 1. The van der Waals surface area contributed by atoms with Crippen LogP contribution >= 0.6 is 23.1 Å². The third-order valence-corrected chi connectivity index (χ3v) is 10.7. The highest BCUT2D eigenvalue weighted by Crippen LogP contribution is 2.23. The Morgan fingerprint density at radius 3 is 2.50 bits per heavy atom. The molecular weight excluding hydrogens is 615 g/mol. The Morgan fingerprint density at radius 2 is 1.86 bits per heavy atom. The van der Waals surface area contributed by atoms with E-state index in [0.717, 1.165) is 42.5 Å². The first-order chi connectivity index (χ1) is 20.9. The Labute approximate surface area is 270 Å². The van der Waals surface area contributed by atoms with E-state index in [1.807, 2.05) is 23.6 Å². The standard InChI is InChI=1S/C32H47N5O4S3/c1-22(2)16-37(17-23(3)4)32(38)30(35-44(39,40)29-10-11-31-26(15-29)12-14-41-31)9-7-8-13-36(18-27-20-42-24(5)33-27)19-28-21-43-25(6)34-28/h10-12,14-15,20,22-23,25,30,35H,7-9,13,16-19,21H2,1-6H3/t25?,30-/m0/s1. The smallest absolute Gasteiger partial charge is 0.241 e. The van der Waals surface area contributed by atoms with Crippen molar-refractivity contribution in [2.24, 2.45) is 16.8 Å². The SMILES string of the molecule is Cc1nc(CN(CCCC[C@H](NS(=O)(=O)c2ccc3occc3c2)C(=O)N(CC(C)C)CC(C)C)CC2=NC(C)SC2)cs1. The van der Waals surface area contributed by atoms with E-state index in [1.54, 1.807) is 29.5 Å². The minimum Gasteiger partial charge on any atom is -0.464 e. The van der Waals surface area contributed by atoms with Crippen molar-refractivity contribution in [3.63, 3.8) is 0 Å². The minimum atomic E-state index is -3.95. The lowest BCUT2D eigenvalue weighted by Gasteiger charge is -2.31. The van der Waals surface area contributed by atoms with E-state index in [4.69, 9.17) is 9.41 Å². The number of furan rings is 1. The maximum atomic E-state index is 14.0. The summed E-state index contributed by atoms with van der Waals surface area (Å²) in [7, 11) is -3.95. The Morgan fingerprint density at radius 1 is 1.11 bits per heavy atom. The average Bonchev–Trinajstić information content (AvgIpc) is 3.69. The summed E-state index contributed by atoms with van der Waals surface area (Å²) < 4.78 is 35.4. The highest BCUT2D eigenvalue weighted by atomic mass is 32.2. The van der Waals surface area contributed by atoms with Crippen LogP contribution in [0.4, 0.5) is 0 Å². The van der Waals surface area contributed by atoms with Crippen LogP contribution in [-0.2, 0) is 21.4 Å². The molecule has 0 radical (unpaired) electrons. The van der Waals surface area contributed by atoms with E-state index in [-0.39, 0.29) is 22.6 Å². The minimum absolute atomic E-state index is 0.123. The Hall–Kier alpha value is -2.25. The number of sulfonamides is 1. The van der Waals surface area contributed by atoms with Gasteiger partial charge in [-0.3, -0.25) is 14.7 Å². The first-order valence-corrected chi connectivity index (χ1v) is 18.9. The number of rotatable bonds is 17. The Kier molecular flexibility index (Phi) is 12.5. The lowest BCUT2D eigenvalue weighted by Crippen LogP contribution is -2.50. The summed E-state index contributed by atoms with van der Waals surface area (Å²) in [5.74, 6) is 1.31. The van der Waals surface area contributed by atoms with Crippen LogP contribution in [0.25, 0.3) is 11.0 Å². The number of unbranched alkanes of at least 4 members (excludes halogenated alkanes) is 1. The van der Waals surface area contributed by atoms with Crippen molar-refractivity contribution in [2.75, 3.05) is 31.9 Å². The number of nitrogens with zero attached hydrogens (tertiary/aromatic N) is 4. The van der Waals surface area contributed by atoms with E-state index < -0.39 is 16.1 Å². The molecule has 1 aliphatic rings. The number of fused-ring (bicyclic) bond motifs is 1. The fourth-order valence-electron chi connectivity index (χ4n) is 5.46. The summed E-state index contributed by atoms with van der Waals surface area (Å²) >= 11 is 3.51. The second kappa shape index (κ2) is 15.8. The topological polar surface area (TPSA) is 108 Å². The Bertz CT molecular complexity index is 1500. The van der Waals surface area contributed by atoms with Crippen LogP contribution in [0.3, 0.4) is 0 Å². The van der Waals surface area contributed by atoms with Crippen molar-refractivity contribution in [3.8, 4) is 0 Å². The zero-order chi connectivity index (χ0) is 31.9. The van der Waals surface area contributed by atoms with Crippen LogP contribution in [0.5, 0.6) is 0 Å². The van der Waals surface area contributed by atoms with Gasteiger partial charge in [-0.1, -0.05) is 34.1 Å². The zero-order valence-corrected chi connectivity index (χ0v) is 29.2. The molecule has 0 aliphatic carbocycles. The summed E-state index contributed by atoms with van der Waals surface area (Å²) in [6, 6.07) is 5.64. The van der Waals surface area contributed by atoms with Gasteiger partial charge in [0.15, 0.2) is 0 Å². The van der Waals surface area contributed by atoms with Gasteiger partial charge in [0, 0.05) is 48.4 Å². The van der Waals surface area contributed by atoms with Crippen LogP contribution in [0, 0.1) is 18.8 Å². The van der Waals surface area contributed by atoms with Crippen molar-refractivity contribution in [2.45, 2.75) is 83.7 Å². The number of carbonyl (C=O) groups excluding carboxylic acids is 1. The lowest BCUT2D eigenvalue weighted by molar-refractivity contribution is -0.134. The van der Waals surface area contributed by atoms with Crippen molar-refractivity contribution in [1.29, 1.82) is 0 Å². The molecule has 1 amide bonds. The summed E-state index contributed by atoms with van der Waals surface area (Å²) in [5.41, 5.74) is 2.87. The fourth-order valence-corrected chi connectivity index (χ4v) is 8.14. The second-order valence-corrected chi connectivity index (χ2v) is 16.6. The largest absolute Gasteiger partial charge is 0.464 e. The second-order valence-electron chi connectivity index (χ2n) is 12.5. The number of aliphatic imine (C=N–C) groups is 1. The summed E-state index contributed by atoms with van der Waals surface area (Å²) in [4.78, 5) is 27.8. The van der Waals surface area contributed by atoms with Gasteiger partial charge in [0.05, 0.1) is 27.2 Å².